The van der Waals surface area contributed by atoms with Crippen LogP contribution in [-0.4, -0.2) is 12.0 Å². The zero-order chi connectivity index (χ0) is 10.9. The molecule has 0 atom stereocenters. The van der Waals surface area contributed by atoms with Gasteiger partial charge < -0.3 is 4.74 Å². The minimum absolute atomic E-state index is 0.182. The SMILES string of the molecule is COc1c(F)cc(F)c(F)c1[N+](=O)[O-]. The summed E-state index contributed by atoms with van der Waals surface area (Å²) in [5.41, 5.74) is -1.34. The number of nitro benzene ring substituents is 1. The highest BCUT2D eigenvalue weighted by Crippen LogP contribution is 2.33. The van der Waals surface area contributed by atoms with Gasteiger partial charge in [0.2, 0.25) is 11.6 Å². The summed E-state index contributed by atoms with van der Waals surface area (Å²) in [5.74, 6) is -5.62. The molecule has 7 heteroatoms. The number of nitro groups is 1. The quantitative estimate of drug-likeness (QED) is 0.423. The van der Waals surface area contributed by atoms with Crippen LogP contribution in [0, 0.1) is 27.6 Å². The molecule has 0 aliphatic rings. The molecule has 0 heterocycles. The molecule has 0 bridgehead atoms. The lowest BCUT2D eigenvalue weighted by Gasteiger charge is -2.03. The molecule has 4 nitrogen and oxygen atoms in total. The van der Waals surface area contributed by atoms with Gasteiger partial charge in [-0.05, 0) is 0 Å². The van der Waals surface area contributed by atoms with Gasteiger partial charge in [0.05, 0.1) is 12.0 Å². The lowest BCUT2D eigenvalue weighted by molar-refractivity contribution is -0.388. The maximum atomic E-state index is 12.8. The van der Waals surface area contributed by atoms with Gasteiger partial charge in [-0.2, -0.15) is 4.39 Å². The van der Waals surface area contributed by atoms with Crippen LogP contribution in [0.3, 0.4) is 0 Å². The summed E-state index contributed by atoms with van der Waals surface area (Å²) in [7, 11) is 0.919. The predicted molar refractivity (Wildman–Crippen MR) is 39.5 cm³/mol. The van der Waals surface area contributed by atoms with Crippen LogP contribution in [0.4, 0.5) is 18.9 Å². The highest BCUT2D eigenvalue weighted by molar-refractivity contribution is 5.48. The zero-order valence-electron chi connectivity index (χ0n) is 6.88. The van der Waals surface area contributed by atoms with E-state index < -0.39 is 33.8 Å². The second-order valence-corrected chi connectivity index (χ2v) is 2.29. The summed E-state index contributed by atoms with van der Waals surface area (Å²) in [6, 6.07) is 0.182. The molecule has 1 aromatic carbocycles. The van der Waals surface area contributed by atoms with E-state index >= 15 is 0 Å². The second kappa shape index (κ2) is 3.52. The molecule has 0 aliphatic heterocycles. The van der Waals surface area contributed by atoms with Gasteiger partial charge in [0.25, 0.3) is 0 Å². The van der Waals surface area contributed by atoms with E-state index in [9.17, 15) is 23.3 Å². The van der Waals surface area contributed by atoms with Crippen LogP contribution in [-0.2, 0) is 0 Å². The number of hydrogen-bond acceptors (Lipinski definition) is 3. The molecule has 0 unspecified atom stereocenters. The van der Waals surface area contributed by atoms with E-state index in [-0.39, 0.29) is 6.07 Å². The molecule has 0 saturated heterocycles. The van der Waals surface area contributed by atoms with Crippen molar-refractivity contribution >= 4 is 5.69 Å². The van der Waals surface area contributed by atoms with Gasteiger partial charge in [-0.3, -0.25) is 10.1 Å². The van der Waals surface area contributed by atoms with E-state index in [0.717, 1.165) is 7.11 Å². The second-order valence-electron chi connectivity index (χ2n) is 2.29. The van der Waals surface area contributed by atoms with E-state index in [4.69, 9.17) is 0 Å². The maximum absolute atomic E-state index is 12.8. The summed E-state index contributed by atoms with van der Waals surface area (Å²) < 4.78 is 42.4. The Morgan fingerprint density at radius 1 is 1.36 bits per heavy atom. The van der Waals surface area contributed by atoms with Gasteiger partial charge in [0.15, 0.2) is 11.6 Å². The first-order chi connectivity index (χ1) is 6.49. The first-order valence-electron chi connectivity index (χ1n) is 3.35. The van der Waals surface area contributed by atoms with Crippen LogP contribution < -0.4 is 4.74 Å². The molecule has 0 aliphatic carbocycles. The Morgan fingerprint density at radius 2 is 1.93 bits per heavy atom. The fourth-order valence-electron chi connectivity index (χ4n) is 0.923. The Balaban J connectivity index is 3.56. The van der Waals surface area contributed by atoms with E-state index in [1.807, 2.05) is 0 Å². The minimum atomic E-state index is -1.74. The average Bonchev–Trinajstić information content (AvgIpc) is 2.10. The maximum Gasteiger partial charge on any atom is 0.352 e. The topological polar surface area (TPSA) is 52.4 Å². The summed E-state index contributed by atoms with van der Waals surface area (Å²) in [6.45, 7) is 0. The Kier molecular flexibility index (Phi) is 2.59. The van der Waals surface area contributed by atoms with Gasteiger partial charge in [-0.25, -0.2) is 8.78 Å². The van der Waals surface area contributed by atoms with Crippen LogP contribution in [0.2, 0.25) is 0 Å². The molecular formula is C7H4F3NO3. The normalized spacial score (nSPS) is 10.0. The molecule has 0 fully saturated rings. The number of rotatable bonds is 2. The smallest absolute Gasteiger partial charge is 0.352 e. The first-order valence-corrected chi connectivity index (χ1v) is 3.35. The average molecular weight is 207 g/mol. The zero-order valence-corrected chi connectivity index (χ0v) is 6.88. The van der Waals surface area contributed by atoms with Crippen LogP contribution in [0.1, 0.15) is 0 Å². The molecule has 76 valence electrons. The predicted octanol–water partition coefficient (Wildman–Crippen LogP) is 2.02. The fraction of sp³-hybridized carbons (Fsp3) is 0.143. The summed E-state index contributed by atoms with van der Waals surface area (Å²) in [5, 5.41) is 10.3. The molecule has 0 saturated carbocycles. The molecular weight excluding hydrogens is 203 g/mol. The molecule has 0 aromatic heterocycles. The lowest BCUT2D eigenvalue weighted by atomic mass is 10.2. The number of nitrogens with zero attached hydrogens (tertiary/aromatic N) is 1. The number of methoxy groups -OCH3 is 1. The Hall–Kier alpha value is -1.79. The number of ether oxygens (including phenoxy) is 1. The standard InChI is InChI=1S/C7H4F3NO3/c1-14-7-4(9)2-3(8)5(10)6(7)11(12)13/h2H,1H3. The van der Waals surface area contributed by atoms with Gasteiger partial charge in [-0.15, -0.1) is 0 Å². The van der Waals surface area contributed by atoms with Crippen molar-refractivity contribution in [3.05, 3.63) is 33.6 Å². The van der Waals surface area contributed by atoms with E-state index in [2.05, 4.69) is 4.74 Å². The summed E-state index contributed by atoms with van der Waals surface area (Å²) in [6.07, 6.45) is 0. The van der Waals surface area contributed by atoms with Crippen molar-refractivity contribution in [1.29, 1.82) is 0 Å². The molecule has 1 rings (SSSR count). The van der Waals surface area contributed by atoms with Crippen molar-refractivity contribution in [3.63, 3.8) is 0 Å². The Labute approximate surface area is 76.1 Å². The van der Waals surface area contributed by atoms with Crippen LogP contribution in [0.25, 0.3) is 0 Å². The number of benzene rings is 1. The number of hydrogen-bond donors (Lipinski definition) is 0. The lowest BCUT2D eigenvalue weighted by Crippen LogP contribution is -2.02. The van der Waals surface area contributed by atoms with Crippen LogP contribution in [0.15, 0.2) is 6.07 Å². The van der Waals surface area contributed by atoms with E-state index in [1.54, 1.807) is 0 Å². The van der Waals surface area contributed by atoms with Gasteiger partial charge in [-0.1, -0.05) is 0 Å². The third-order valence-corrected chi connectivity index (χ3v) is 1.49. The molecule has 14 heavy (non-hydrogen) atoms. The minimum Gasteiger partial charge on any atom is -0.488 e. The highest BCUT2D eigenvalue weighted by Gasteiger charge is 2.28. The first kappa shape index (κ1) is 10.3. The van der Waals surface area contributed by atoms with Crippen molar-refractivity contribution in [2.45, 2.75) is 0 Å². The third-order valence-electron chi connectivity index (χ3n) is 1.49. The van der Waals surface area contributed by atoms with E-state index in [1.165, 1.54) is 0 Å². The molecule has 1 aromatic rings. The molecule has 0 amide bonds. The van der Waals surface area contributed by atoms with Crippen LogP contribution >= 0.6 is 0 Å². The van der Waals surface area contributed by atoms with Crippen molar-refractivity contribution in [1.82, 2.24) is 0 Å². The van der Waals surface area contributed by atoms with Crippen LogP contribution in [0.5, 0.6) is 5.75 Å². The Morgan fingerprint density at radius 3 is 2.36 bits per heavy atom. The van der Waals surface area contributed by atoms with Gasteiger partial charge >= 0.3 is 5.69 Å². The van der Waals surface area contributed by atoms with Gasteiger partial charge in [0, 0.05) is 6.07 Å². The van der Waals surface area contributed by atoms with Crippen molar-refractivity contribution in [2.24, 2.45) is 0 Å². The molecule has 0 N–H and O–H groups in total. The third kappa shape index (κ3) is 1.48. The summed E-state index contributed by atoms with van der Waals surface area (Å²) in [4.78, 5) is 9.01. The molecule has 0 spiro atoms. The van der Waals surface area contributed by atoms with Crippen molar-refractivity contribution in [2.75, 3.05) is 7.11 Å². The monoisotopic (exact) mass is 207 g/mol. The Bertz CT molecular complexity index is 394. The van der Waals surface area contributed by atoms with Gasteiger partial charge in [0.1, 0.15) is 0 Å². The molecule has 0 radical (unpaired) electrons. The van der Waals surface area contributed by atoms with E-state index in [0.29, 0.717) is 0 Å². The van der Waals surface area contributed by atoms with Crippen molar-refractivity contribution < 1.29 is 22.8 Å². The highest BCUT2D eigenvalue weighted by atomic mass is 19.2. The largest absolute Gasteiger partial charge is 0.488 e. The fourth-order valence-corrected chi connectivity index (χ4v) is 0.923. The summed E-state index contributed by atoms with van der Waals surface area (Å²) >= 11 is 0. The van der Waals surface area contributed by atoms with Crippen molar-refractivity contribution in [3.8, 4) is 5.75 Å². The number of halogens is 3.